The summed E-state index contributed by atoms with van der Waals surface area (Å²) in [6.45, 7) is 9.75. The lowest BCUT2D eigenvalue weighted by atomic mass is 9.93. The minimum absolute atomic E-state index is 0.155. The number of nitrogens with one attached hydrogen (secondary N) is 2. The Morgan fingerprint density at radius 1 is 1.27 bits per heavy atom. The summed E-state index contributed by atoms with van der Waals surface area (Å²) in [6.07, 6.45) is 4.93. The second kappa shape index (κ2) is 11.0. The average molecular weight is 385 g/mol. The molecule has 0 aromatic carbocycles. The van der Waals surface area contributed by atoms with Gasteiger partial charge in [-0.1, -0.05) is 6.92 Å². The molecule has 0 radical (unpaired) electrons. The Bertz CT molecular complexity index is 453. The van der Waals surface area contributed by atoms with Crippen LogP contribution in [-0.4, -0.2) is 73.7 Å². The molecule has 0 spiro atoms. The van der Waals surface area contributed by atoms with Crippen molar-refractivity contribution < 1.29 is 9.53 Å². The first kappa shape index (κ1) is 21.4. The number of likely N-dealkylation sites (tertiary alicyclic amines) is 1. The molecule has 0 saturated carbocycles. The number of rotatable bonds is 7. The van der Waals surface area contributed by atoms with Crippen molar-refractivity contribution in [3.63, 3.8) is 0 Å². The molecular weight excluding hydrogens is 348 g/mol. The molecule has 2 aliphatic heterocycles. The number of aliphatic imine (C=N–C) groups is 1. The fourth-order valence-corrected chi connectivity index (χ4v) is 4.98. The molecule has 2 saturated heterocycles. The maximum absolute atomic E-state index is 11.6. The summed E-state index contributed by atoms with van der Waals surface area (Å²) in [5, 5.41) is 6.21. The fourth-order valence-electron chi connectivity index (χ4n) is 3.76. The second-order valence-corrected chi connectivity index (χ2v) is 8.94. The summed E-state index contributed by atoms with van der Waals surface area (Å²) >= 11 is 2.04. The molecule has 2 rings (SSSR count). The van der Waals surface area contributed by atoms with Crippen molar-refractivity contribution in [2.75, 3.05) is 52.2 Å². The molecule has 1 amide bonds. The average Bonchev–Trinajstić information content (AvgIpc) is 2.67. The maximum Gasteiger partial charge on any atom is 0.220 e. The van der Waals surface area contributed by atoms with Gasteiger partial charge in [-0.25, -0.2) is 0 Å². The van der Waals surface area contributed by atoms with Gasteiger partial charge in [-0.3, -0.25) is 9.79 Å². The molecule has 0 atom stereocenters. The van der Waals surface area contributed by atoms with Crippen molar-refractivity contribution in [3.05, 3.63) is 0 Å². The van der Waals surface area contributed by atoms with Crippen LogP contribution in [0.4, 0.5) is 0 Å². The first-order valence-electron chi connectivity index (χ1n) is 10.1. The van der Waals surface area contributed by atoms with Crippen molar-refractivity contribution in [1.82, 2.24) is 15.5 Å². The number of nitrogens with zero attached hydrogens (tertiary/aromatic N) is 2. The SMILES string of the molecule is CCNC(=NCC1(SCC)CCOCC1)N1CCC(CC(=O)NC)CC1. The van der Waals surface area contributed by atoms with Gasteiger partial charge in [0.2, 0.25) is 5.91 Å². The third-order valence-electron chi connectivity index (χ3n) is 5.37. The van der Waals surface area contributed by atoms with Crippen molar-refractivity contribution in [2.45, 2.75) is 50.7 Å². The van der Waals surface area contributed by atoms with Gasteiger partial charge in [0.1, 0.15) is 0 Å². The summed E-state index contributed by atoms with van der Waals surface area (Å²) in [7, 11) is 1.72. The Hall–Kier alpha value is -0.950. The van der Waals surface area contributed by atoms with Gasteiger partial charge in [0.25, 0.3) is 0 Å². The number of thioether (sulfide) groups is 1. The van der Waals surface area contributed by atoms with Crippen molar-refractivity contribution in [3.8, 4) is 0 Å². The van der Waals surface area contributed by atoms with Gasteiger partial charge in [0.05, 0.1) is 6.54 Å². The van der Waals surface area contributed by atoms with Crippen LogP contribution in [0.25, 0.3) is 0 Å². The van der Waals surface area contributed by atoms with Gasteiger partial charge in [-0.05, 0) is 44.3 Å². The van der Waals surface area contributed by atoms with Gasteiger partial charge >= 0.3 is 0 Å². The number of ether oxygens (including phenoxy) is 1. The van der Waals surface area contributed by atoms with Gasteiger partial charge in [-0.15, -0.1) is 0 Å². The van der Waals surface area contributed by atoms with Crippen LogP contribution in [-0.2, 0) is 9.53 Å². The highest BCUT2D eigenvalue weighted by molar-refractivity contribution is 8.00. The predicted octanol–water partition coefficient (Wildman–Crippen LogP) is 2.10. The normalized spacial score (nSPS) is 21.5. The smallest absolute Gasteiger partial charge is 0.220 e. The van der Waals surface area contributed by atoms with E-state index in [1.165, 1.54) is 0 Å². The lowest BCUT2D eigenvalue weighted by molar-refractivity contribution is -0.121. The first-order chi connectivity index (χ1) is 12.6. The van der Waals surface area contributed by atoms with Crippen LogP contribution in [0.15, 0.2) is 4.99 Å². The second-order valence-electron chi connectivity index (χ2n) is 7.21. The van der Waals surface area contributed by atoms with E-state index < -0.39 is 0 Å². The molecule has 2 aliphatic rings. The number of guanidine groups is 1. The molecule has 26 heavy (non-hydrogen) atoms. The molecule has 150 valence electrons. The molecule has 0 aromatic heterocycles. The van der Waals surface area contributed by atoms with Gasteiger partial charge in [0.15, 0.2) is 5.96 Å². The molecule has 7 heteroatoms. The Labute approximate surface area is 162 Å². The zero-order chi connectivity index (χ0) is 18.8. The van der Waals surface area contributed by atoms with E-state index in [2.05, 4.69) is 29.4 Å². The van der Waals surface area contributed by atoms with Crippen LogP contribution >= 0.6 is 11.8 Å². The summed E-state index contributed by atoms with van der Waals surface area (Å²) < 4.78 is 5.80. The zero-order valence-electron chi connectivity index (χ0n) is 16.7. The summed E-state index contributed by atoms with van der Waals surface area (Å²) in [5.74, 6) is 2.80. The van der Waals surface area contributed by atoms with E-state index in [4.69, 9.17) is 9.73 Å². The monoisotopic (exact) mass is 384 g/mol. The Morgan fingerprint density at radius 2 is 1.96 bits per heavy atom. The van der Waals surface area contributed by atoms with Gasteiger partial charge in [-0.2, -0.15) is 11.8 Å². The molecule has 2 fully saturated rings. The molecule has 0 bridgehead atoms. The maximum atomic E-state index is 11.6. The molecule has 0 aromatic rings. The van der Waals surface area contributed by atoms with Crippen LogP contribution in [0.3, 0.4) is 0 Å². The predicted molar refractivity (Wildman–Crippen MR) is 110 cm³/mol. The van der Waals surface area contributed by atoms with Crippen LogP contribution in [0.5, 0.6) is 0 Å². The quantitative estimate of drug-likeness (QED) is 0.520. The lowest BCUT2D eigenvalue weighted by Crippen LogP contribution is -2.47. The Kier molecular flexibility index (Phi) is 9.05. The molecule has 0 unspecified atom stereocenters. The topological polar surface area (TPSA) is 66.0 Å². The summed E-state index contributed by atoms with van der Waals surface area (Å²) in [5.41, 5.74) is 0. The van der Waals surface area contributed by atoms with E-state index in [1.54, 1.807) is 7.05 Å². The van der Waals surface area contributed by atoms with Crippen LogP contribution in [0.1, 0.15) is 46.0 Å². The molecule has 2 heterocycles. The summed E-state index contributed by atoms with van der Waals surface area (Å²) in [6, 6.07) is 0. The molecule has 6 nitrogen and oxygen atoms in total. The van der Waals surface area contributed by atoms with E-state index in [-0.39, 0.29) is 10.7 Å². The number of hydrogen-bond acceptors (Lipinski definition) is 4. The van der Waals surface area contributed by atoms with Crippen molar-refractivity contribution >= 4 is 23.6 Å². The van der Waals surface area contributed by atoms with E-state index in [0.717, 1.165) is 76.8 Å². The summed E-state index contributed by atoms with van der Waals surface area (Å²) in [4.78, 5) is 19.0. The van der Waals surface area contributed by atoms with Gasteiger partial charge < -0.3 is 20.3 Å². The lowest BCUT2D eigenvalue weighted by Gasteiger charge is -2.37. The number of carbonyl (C=O) groups is 1. The van der Waals surface area contributed by atoms with Gasteiger partial charge in [0, 0.05) is 51.1 Å². The molecule has 2 N–H and O–H groups in total. The van der Waals surface area contributed by atoms with Crippen molar-refractivity contribution in [2.24, 2.45) is 10.9 Å². The first-order valence-corrected chi connectivity index (χ1v) is 11.1. The van der Waals surface area contributed by atoms with Crippen LogP contribution < -0.4 is 10.6 Å². The van der Waals surface area contributed by atoms with Crippen LogP contribution in [0, 0.1) is 5.92 Å². The fraction of sp³-hybridized carbons (Fsp3) is 0.895. The van der Waals surface area contributed by atoms with E-state index >= 15 is 0 Å². The number of amides is 1. The highest BCUT2D eigenvalue weighted by Gasteiger charge is 2.33. The third-order valence-corrected chi connectivity index (χ3v) is 6.81. The zero-order valence-corrected chi connectivity index (χ0v) is 17.5. The minimum Gasteiger partial charge on any atom is -0.381 e. The van der Waals surface area contributed by atoms with E-state index in [1.807, 2.05) is 11.8 Å². The standard InChI is InChI=1S/C19H36N4O2S/c1-4-21-18(22-15-19(26-5-2)8-12-25-13-9-19)23-10-6-16(7-11-23)14-17(24)20-3/h16H,4-15H2,1-3H3,(H,20,24)(H,21,22). The number of hydrogen-bond donors (Lipinski definition) is 2. The van der Waals surface area contributed by atoms with E-state index in [0.29, 0.717) is 12.3 Å². The van der Waals surface area contributed by atoms with Crippen LogP contribution in [0.2, 0.25) is 0 Å². The molecule has 0 aliphatic carbocycles. The van der Waals surface area contributed by atoms with Crippen molar-refractivity contribution in [1.29, 1.82) is 0 Å². The largest absolute Gasteiger partial charge is 0.381 e. The highest BCUT2D eigenvalue weighted by atomic mass is 32.2. The highest BCUT2D eigenvalue weighted by Crippen LogP contribution is 2.35. The van der Waals surface area contributed by atoms with E-state index in [9.17, 15) is 4.79 Å². The Balaban J connectivity index is 1.94. The molecular formula is C19H36N4O2S. The number of carbonyl (C=O) groups excluding carboxylic acids is 1. The minimum atomic E-state index is 0.155. The number of piperidine rings is 1. The Morgan fingerprint density at radius 3 is 2.54 bits per heavy atom. The third kappa shape index (κ3) is 6.34.